The summed E-state index contributed by atoms with van der Waals surface area (Å²) in [5.41, 5.74) is 3.42. The number of anilines is 1. The number of aromatic nitrogens is 1. The number of carbonyl (C=O) groups excluding carboxylic acids is 1. The third-order valence-corrected chi connectivity index (χ3v) is 2.83. The zero-order chi connectivity index (χ0) is 13.1. The van der Waals surface area contributed by atoms with Gasteiger partial charge in [0, 0.05) is 6.07 Å². The van der Waals surface area contributed by atoms with Gasteiger partial charge in [-0.1, -0.05) is 23.4 Å². The number of amides is 1. The van der Waals surface area contributed by atoms with Gasteiger partial charge < -0.3 is 9.84 Å². The summed E-state index contributed by atoms with van der Waals surface area (Å²) in [5.74, 6) is 1.05. The van der Waals surface area contributed by atoms with E-state index in [1.54, 1.807) is 13.0 Å². The van der Waals surface area contributed by atoms with Gasteiger partial charge in [-0.2, -0.15) is 0 Å². The highest BCUT2D eigenvalue weighted by molar-refractivity contribution is 5.91. The molecule has 0 atom stereocenters. The molecule has 18 heavy (non-hydrogen) atoms. The van der Waals surface area contributed by atoms with Crippen LogP contribution in [0.4, 0.5) is 5.82 Å². The molecule has 0 unspecified atom stereocenters. The summed E-state index contributed by atoms with van der Waals surface area (Å²) in [6.07, 6.45) is 0.340. The van der Waals surface area contributed by atoms with Crippen molar-refractivity contribution in [2.45, 2.75) is 27.2 Å². The van der Waals surface area contributed by atoms with Crippen LogP contribution in [0.15, 0.2) is 28.8 Å². The van der Waals surface area contributed by atoms with E-state index in [1.165, 1.54) is 11.1 Å². The summed E-state index contributed by atoms with van der Waals surface area (Å²) in [6, 6.07) is 7.72. The van der Waals surface area contributed by atoms with Gasteiger partial charge in [-0.15, -0.1) is 0 Å². The molecule has 0 saturated heterocycles. The van der Waals surface area contributed by atoms with Crippen molar-refractivity contribution in [3.63, 3.8) is 0 Å². The largest absolute Gasteiger partial charge is 0.360 e. The Morgan fingerprint density at radius 2 is 2.00 bits per heavy atom. The second-order valence-electron chi connectivity index (χ2n) is 4.47. The van der Waals surface area contributed by atoms with Gasteiger partial charge >= 0.3 is 0 Å². The van der Waals surface area contributed by atoms with Crippen LogP contribution in [0.2, 0.25) is 0 Å². The molecule has 1 N–H and O–H groups in total. The molecule has 0 aliphatic carbocycles. The number of rotatable bonds is 3. The fourth-order valence-electron chi connectivity index (χ4n) is 1.71. The van der Waals surface area contributed by atoms with E-state index in [9.17, 15) is 4.79 Å². The van der Waals surface area contributed by atoms with Crippen molar-refractivity contribution in [3.8, 4) is 0 Å². The van der Waals surface area contributed by atoms with Crippen molar-refractivity contribution < 1.29 is 9.32 Å². The highest BCUT2D eigenvalue weighted by Crippen LogP contribution is 2.12. The van der Waals surface area contributed by atoms with E-state index in [-0.39, 0.29) is 5.91 Å². The van der Waals surface area contributed by atoms with Crippen LogP contribution < -0.4 is 5.32 Å². The van der Waals surface area contributed by atoms with Crippen LogP contribution >= 0.6 is 0 Å². The number of nitrogens with one attached hydrogen (secondary N) is 1. The van der Waals surface area contributed by atoms with Gasteiger partial charge in [0.05, 0.1) is 6.42 Å². The molecule has 0 aliphatic rings. The zero-order valence-corrected chi connectivity index (χ0v) is 10.8. The Morgan fingerprint density at radius 1 is 1.22 bits per heavy atom. The molecule has 4 nitrogen and oxygen atoms in total. The molecule has 0 aliphatic heterocycles. The van der Waals surface area contributed by atoms with Crippen molar-refractivity contribution in [3.05, 3.63) is 46.7 Å². The quantitative estimate of drug-likeness (QED) is 0.903. The standard InChI is InChI=1S/C14H16N2O2/c1-9-4-5-12(6-10(9)2)8-14(17)15-13-7-11(3)18-16-13/h4-7H,8H2,1-3H3,(H,15,16,17). The van der Waals surface area contributed by atoms with Crippen molar-refractivity contribution in [1.29, 1.82) is 0 Å². The third-order valence-electron chi connectivity index (χ3n) is 2.83. The highest BCUT2D eigenvalue weighted by Gasteiger charge is 2.07. The molecule has 94 valence electrons. The second kappa shape index (κ2) is 5.04. The number of carbonyl (C=O) groups is 1. The Labute approximate surface area is 106 Å². The van der Waals surface area contributed by atoms with Crippen LogP contribution in [0.5, 0.6) is 0 Å². The Kier molecular flexibility index (Phi) is 3.46. The van der Waals surface area contributed by atoms with Gasteiger partial charge in [-0.3, -0.25) is 4.79 Å². The number of hydrogen-bond donors (Lipinski definition) is 1. The molecule has 1 aromatic heterocycles. The lowest BCUT2D eigenvalue weighted by Crippen LogP contribution is -2.14. The van der Waals surface area contributed by atoms with Crippen molar-refractivity contribution >= 4 is 11.7 Å². The smallest absolute Gasteiger partial charge is 0.230 e. The summed E-state index contributed by atoms with van der Waals surface area (Å²) in [5, 5.41) is 6.42. The molecule has 0 spiro atoms. The summed E-state index contributed by atoms with van der Waals surface area (Å²) >= 11 is 0. The molecule has 1 aromatic carbocycles. The summed E-state index contributed by atoms with van der Waals surface area (Å²) in [4.78, 5) is 11.8. The van der Waals surface area contributed by atoms with Gasteiger partial charge in [0.25, 0.3) is 0 Å². The Bertz CT molecular complexity index is 573. The molecule has 0 radical (unpaired) electrons. The maximum Gasteiger partial charge on any atom is 0.230 e. The van der Waals surface area contributed by atoms with Crippen LogP contribution in [0, 0.1) is 20.8 Å². The van der Waals surface area contributed by atoms with E-state index < -0.39 is 0 Å². The zero-order valence-electron chi connectivity index (χ0n) is 10.8. The minimum atomic E-state index is -0.0912. The maximum atomic E-state index is 11.8. The van der Waals surface area contributed by atoms with E-state index in [2.05, 4.69) is 17.4 Å². The minimum Gasteiger partial charge on any atom is -0.360 e. The topological polar surface area (TPSA) is 55.1 Å². The van der Waals surface area contributed by atoms with Gasteiger partial charge in [-0.05, 0) is 37.5 Å². The first-order chi connectivity index (χ1) is 8.54. The van der Waals surface area contributed by atoms with Crippen LogP contribution in [0.1, 0.15) is 22.5 Å². The van der Waals surface area contributed by atoms with E-state index >= 15 is 0 Å². The second-order valence-corrected chi connectivity index (χ2v) is 4.47. The van der Waals surface area contributed by atoms with Crippen LogP contribution in [0.3, 0.4) is 0 Å². The first kappa shape index (κ1) is 12.4. The SMILES string of the molecule is Cc1cc(NC(=O)Cc2ccc(C)c(C)c2)no1. The summed E-state index contributed by atoms with van der Waals surface area (Å²) in [7, 11) is 0. The Morgan fingerprint density at radius 3 is 2.61 bits per heavy atom. The highest BCUT2D eigenvalue weighted by atomic mass is 16.5. The van der Waals surface area contributed by atoms with E-state index in [0.29, 0.717) is 18.0 Å². The fourth-order valence-corrected chi connectivity index (χ4v) is 1.71. The molecule has 1 heterocycles. The minimum absolute atomic E-state index is 0.0912. The molecule has 0 saturated carbocycles. The van der Waals surface area contributed by atoms with Crippen molar-refractivity contribution in [2.75, 3.05) is 5.32 Å². The van der Waals surface area contributed by atoms with Gasteiger partial charge in [0.1, 0.15) is 5.76 Å². The first-order valence-corrected chi connectivity index (χ1v) is 5.84. The number of aryl methyl sites for hydroxylation is 3. The summed E-state index contributed by atoms with van der Waals surface area (Å²) < 4.78 is 4.89. The number of benzene rings is 1. The predicted molar refractivity (Wildman–Crippen MR) is 69.5 cm³/mol. The third kappa shape index (κ3) is 2.97. The summed E-state index contributed by atoms with van der Waals surface area (Å²) in [6.45, 7) is 5.88. The van der Waals surface area contributed by atoms with Crippen LogP contribution in [0.25, 0.3) is 0 Å². The van der Waals surface area contributed by atoms with Crippen LogP contribution in [-0.4, -0.2) is 11.1 Å². The van der Waals surface area contributed by atoms with Gasteiger partial charge in [-0.25, -0.2) is 0 Å². The van der Waals surface area contributed by atoms with Crippen molar-refractivity contribution in [2.24, 2.45) is 0 Å². The Hall–Kier alpha value is -2.10. The predicted octanol–water partition coefficient (Wildman–Crippen LogP) is 2.78. The van der Waals surface area contributed by atoms with Gasteiger partial charge in [0.15, 0.2) is 5.82 Å². The lowest BCUT2D eigenvalue weighted by atomic mass is 10.0. The molecular formula is C14H16N2O2. The van der Waals surface area contributed by atoms with E-state index in [1.807, 2.05) is 25.1 Å². The molecule has 0 fully saturated rings. The van der Waals surface area contributed by atoms with Crippen LogP contribution in [-0.2, 0) is 11.2 Å². The number of nitrogens with zero attached hydrogens (tertiary/aromatic N) is 1. The molecule has 2 rings (SSSR count). The molecule has 4 heteroatoms. The number of hydrogen-bond acceptors (Lipinski definition) is 3. The Balaban J connectivity index is 2.00. The van der Waals surface area contributed by atoms with Crippen molar-refractivity contribution in [1.82, 2.24) is 5.16 Å². The molecular weight excluding hydrogens is 228 g/mol. The molecule has 2 aromatic rings. The maximum absolute atomic E-state index is 11.8. The van der Waals surface area contributed by atoms with E-state index in [0.717, 1.165) is 5.56 Å². The lowest BCUT2D eigenvalue weighted by Gasteiger charge is -2.05. The monoisotopic (exact) mass is 244 g/mol. The fraction of sp³-hybridized carbons (Fsp3) is 0.286. The lowest BCUT2D eigenvalue weighted by molar-refractivity contribution is -0.115. The van der Waals surface area contributed by atoms with Gasteiger partial charge in [0.2, 0.25) is 5.91 Å². The first-order valence-electron chi connectivity index (χ1n) is 5.84. The average Bonchev–Trinajstić information content (AvgIpc) is 2.69. The van der Waals surface area contributed by atoms with E-state index in [4.69, 9.17) is 4.52 Å². The average molecular weight is 244 g/mol. The normalized spacial score (nSPS) is 10.4. The molecule has 0 bridgehead atoms. The molecule has 1 amide bonds.